The molecule has 1 aromatic carbocycles. The molecule has 3 aliphatic heterocycles. The van der Waals surface area contributed by atoms with Crippen molar-refractivity contribution < 1.29 is 14.3 Å². The number of halogens is 1. The zero-order valence-corrected chi connectivity index (χ0v) is 21.2. The summed E-state index contributed by atoms with van der Waals surface area (Å²) in [4.78, 5) is 36.7. The predicted molar refractivity (Wildman–Crippen MR) is 137 cm³/mol. The number of nitrogens with zero attached hydrogens (tertiary/aromatic N) is 4. The molecule has 1 atom stereocenters. The van der Waals surface area contributed by atoms with Crippen LogP contribution >= 0.6 is 22.9 Å². The first-order chi connectivity index (χ1) is 17.0. The molecular weight excluding hydrogens is 484 g/mol. The van der Waals surface area contributed by atoms with E-state index in [0.29, 0.717) is 18.0 Å². The number of urea groups is 1. The van der Waals surface area contributed by atoms with Crippen LogP contribution in [-0.2, 0) is 17.8 Å². The van der Waals surface area contributed by atoms with Crippen molar-refractivity contribution >= 4 is 45.1 Å². The number of hydrogen-bond acceptors (Lipinski definition) is 5. The number of carbonyl (C=O) groups excluding carboxylic acids is 2. The van der Waals surface area contributed by atoms with Gasteiger partial charge in [-0.2, -0.15) is 0 Å². The Kier molecular flexibility index (Phi) is 5.81. The molecule has 2 aromatic heterocycles. The number of thiophene rings is 1. The third kappa shape index (κ3) is 4.12. The molecule has 0 spiro atoms. The lowest BCUT2D eigenvalue weighted by Gasteiger charge is -2.28. The number of ether oxygens (including phenoxy) is 1. The van der Waals surface area contributed by atoms with Crippen molar-refractivity contribution in [2.75, 3.05) is 33.2 Å². The minimum atomic E-state index is -0.505. The number of aromatic nitrogens is 1. The lowest BCUT2D eigenvalue weighted by molar-refractivity contribution is -0.138. The molecule has 6 rings (SSSR count). The molecule has 5 heterocycles. The molecule has 0 saturated carbocycles. The van der Waals surface area contributed by atoms with E-state index in [1.165, 1.54) is 6.42 Å². The lowest BCUT2D eigenvalue weighted by Crippen LogP contribution is -2.43. The van der Waals surface area contributed by atoms with Gasteiger partial charge in [0.25, 0.3) is 5.91 Å². The van der Waals surface area contributed by atoms with Gasteiger partial charge in [0, 0.05) is 72.4 Å². The van der Waals surface area contributed by atoms with E-state index < -0.39 is 6.10 Å². The van der Waals surface area contributed by atoms with Crippen LogP contribution in [0.1, 0.15) is 29.7 Å². The molecule has 182 valence electrons. The van der Waals surface area contributed by atoms with Gasteiger partial charge in [-0.1, -0.05) is 11.6 Å². The highest BCUT2D eigenvalue weighted by atomic mass is 35.5. The summed E-state index contributed by atoms with van der Waals surface area (Å²) < 4.78 is 7.36. The third-order valence-corrected chi connectivity index (χ3v) is 8.50. The first kappa shape index (κ1) is 22.6. The van der Waals surface area contributed by atoms with E-state index in [-0.39, 0.29) is 11.9 Å². The van der Waals surface area contributed by atoms with Gasteiger partial charge in [-0.05, 0) is 43.5 Å². The van der Waals surface area contributed by atoms with Crippen LogP contribution in [0.15, 0.2) is 30.5 Å². The predicted octanol–water partition coefficient (Wildman–Crippen LogP) is 4.80. The highest BCUT2D eigenvalue weighted by Crippen LogP contribution is 2.45. The van der Waals surface area contributed by atoms with E-state index in [9.17, 15) is 9.59 Å². The van der Waals surface area contributed by atoms with Crippen LogP contribution in [-0.4, -0.2) is 71.0 Å². The van der Waals surface area contributed by atoms with Gasteiger partial charge < -0.3 is 19.4 Å². The SMILES string of the molecule is CN1CCN(Cc2cc3nccc(-c4cc(Cl)cc5c4OC(C(=O)N4CCCCC4)C5)c3s2)C1=O. The van der Waals surface area contributed by atoms with Crippen LogP contribution in [0.2, 0.25) is 5.02 Å². The van der Waals surface area contributed by atoms with E-state index in [2.05, 4.69) is 11.1 Å². The van der Waals surface area contributed by atoms with E-state index in [1.54, 1.807) is 22.4 Å². The van der Waals surface area contributed by atoms with E-state index in [4.69, 9.17) is 16.3 Å². The third-order valence-electron chi connectivity index (χ3n) is 7.14. The minimum Gasteiger partial charge on any atom is -0.479 e. The van der Waals surface area contributed by atoms with Crippen LogP contribution in [0.25, 0.3) is 21.3 Å². The number of rotatable bonds is 4. The normalized spacial score (nSPS) is 20.0. The fourth-order valence-electron chi connectivity index (χ4n) is 5.30. The zero-order chi connectivity index (χ0) is 24.1. The zero-order valence-electron chi connectivity index (χ0n) is 19.6. The minimum absolute atomic E-state index is 0.0566. The smallest absolute Gasteiger partial charge is 0.320 e. The quantitative estimate of drug-likeness (QED) is 0.505. The van der Waals surface area contributed by atoms with Crippen LogP contribution in [0.5, 0.6) is 5.75 Å². The molecule has 0 aliphatic carbocycles. The Bertz CT molecular complexity index is 1320. The Morgan fingerprint density at radius 2 is 1.97 bits per heavy atom. The standard InChI is InChI=1S/C26H27ClN4O3S/c1-29-9-10-31(26(29)33)15-18-14-21-24(35-18)19(5-6-28-21)20-13-17(27)11-16-12-22(34-23(16)20)25(32)30-7-3-2-4-8-30/h5-6,11,13-14,22H,2-4,7-10,12,15H2,1H3. The van der Waals surface area contributed by atoms with Gasteiger partial charge in [0.15, 0.2) is 6.10 Å². The second-order valence-corrected chi connectivity index (χ2v) is 11.1. The van der Waals surface area contributed by atoms with Crippen molar-refractivity contribution in [3.05, 3.63) is 45.9 Å². The summed E-state index contributed by atoms with van der Waals surface area (Å²) in [5.41, 5.74) is 3.73. The maximum atomic E-state index is 13.2. The van der Waals surface area contributed by atoms with Crippen molar-refractivity contribution in [1.82, 2.24) is 19.7 Å². The lowest BCUT2D eigenvalue weighted by atomic mass is 10.0. The van der Waals surface area contributed by atoms with E-state index in [0.717, 1.165) is 76.6 Å². The molecule has 7 nitrogen and oxygen atoms in total. The Morgan fingerprint density at radius 3 is 2.74 bits per heavy atom. The highest BCUT2D eigenvalue weighted by molar-refractivity contribution is 7.19. The molecule has 0 radical (unpaired) electrons. The van der Waals surface area contributed by atoms with Crippen LogP contribution in [0, 0.1) is 0 Å². The van der Waals surface area contributed by atoms with Gasteiger partial charge in [0.2, 0.25) is 0 Å². The maximum absolute atomic E-state index is 13.2. The Labute approximate surface area is 213 Å². The summed E-state index contributed by atoms with van der Waals surface area (Å²) in [7, 11) is 1.83. The molecule has 2 saturated heterocycles. The summed E-state index contributed by atoms with van der Waals surface area (Å²) in [5, 5.41) is 0.626. The Hall–Kier alpha value is -2.84. The van der Waals surface area contributed by atoms with Gasteiger partial charge in [0.05, 0.1) is 16.8 Å². The molecule has 2 fully saturated rings. The van der Waals surface area contributed by atoms with Crippen molar-refractivity contribution in [1.29, 1.82) is 0 Å². The van der Waals surface area contributed by atoms with E-state index in [1.807, 2.05) is 35.0 Å². The molecule has 3 aromatic rings. The number of piperidine rings is 1. The van der Waals surface area contributed by atoms with Crippen molar-refractivity contribution in [2.45, 2.75) is 38.3 Å². The molecule has 1 unspecified atom stereocenters. The largest absolute Gasteiger partial charge is 0.479 e. The second-order valence-electron chi connectivity index (χ2n) is 9.55. The Balaban J connectivity index is 1.32. The summed E-state index contributed by atoms with van der Waals surface area (Å²) in [5.74, 6) is 0.810. The van der Waals surface area contributed by atoms with Gasteiger partial charge in [-0.15, -0.1) is 11.3 Å². The molecule has 9 heteroatoms. The van der Waals surface area contributed by atoms with Crippen molar-refractivity contribution in [3.8, 4) is 16.9 Å². The molecular formula is C26H27ClN4O3S. The first-order valence-corrected chi connectivity index (χ1v) is 13.3. The Morgan fingerprint density at radius 1 is 1.14 bits per heavy atom. The monoisotopic (exact) mass is 510 g/mol. The molecule has 3 amide bonds. The van der Waals surface area contributed by atoms with E-state index >= 15 is 0 Å². The molecule has 3 aliphatic rings. The maximum Gasteiger partial charge on any atom is 0.320 e. The van der Waals surface area contributed by atoms with Crippen LogP contribution in [0.3, 0.4) is 0 Å². The van der Waals surface area contributed by atoms with Crippen molar-refractivity contribution in [2.24, 2.45) is 0 Å². The number of carbonyl (C=O) groups is 2. The number of likely N-dealkylation sites (tertiary alicyclic amines) is 1. The number of benzene rings is 1. The van der Waals surface area contributed by atoms with Gasteiger partial charge in [-0.25, -0.2) is 4.79 Å². The fourth-order valence-corrected chi connectivity index (χ4v) is 6.69. The molecule has 35 heavy (non-hydrogen) atoms. The summed E-state index contributed by atoms with van der Waals surface area (Å²) in [6.07, 6.45) is 5.11. The highest BCUT2D eigenvalue weighted by Gasteiger charge is 2.35. The van der Waals surface area contributed by atoms with Gasteiger partial charge in [0.1, 0.15) is 5.75 Å². The number of hydrogen-bond donors (Lipinski definition) is 0. The summed E-state index contributed by atoms with van der Waals surface area (Å²) in [6.45, 7) is 3.66. The first-order valence-electron chi connectivity index (χ1n) is 12.1. The number of pyridine rings is 1. The average molecular weight is 511 g/mol. The molecule has 0 N–H and O–H groups in total. The van der Waals surface area contributed by atoms with Gasteiger partial charge in [-0.3, -0.25) is 9.78 Å². The number of amides is 3. The van der Waals surface area contributed by atoms with Gasteiger partial charge >= 0.3 is 6.03 Å². The summed E-state index contributed by atoms with van der Waals surface area (Å²) in [6, 6.07) is 7.93. The summed E-state index contributed by atoms with van der Waals surface area (Å²) >= 11 is 8.18. The second kappa shape index (κ2) is 8.99. The number of likely N-dealkylation sites (N-methyl/N-ethyl adjacent to an activating group) is 1. The number of fused-ring (bicyclic) bond motifs is 2. The van der Waals surface area contributed by atoms with Crippen LogP contribution in [0.4, 0.5) is 4.79 Å². The molecule has 0 bridgehead atoms. The van der Waals surface area contributed by atoms with Crippen molar-refractivity contribution in [3.63, 3.8) is 0 Å². The fraction of sp³-hybridized carbons (Fsp3) is 0.423. The topological polar surface area (TPSA) is 66.0 Å². The van der Waals surface area contributed by atoms with Crippen LogP contribution < -0.4 is 4.74 Å². The average Bonchev–Trinajstić information content (AvgIpc) is 3.56.